The van der Waals surface area contributed by atoms with E-state index in [-0.39, 0.29) is 0 Å². The zero-order valence-electron chi connectivity index (χ0n) is 5.45. The molecular weight excluding hydrogens is 151 g/mol. The maximum atomic E-state index is 12.4. The molecule has 1 unspecified atom stereocenters. The fourth-order valence-electron chi connectivity index (χ4n) is 0.764. The molecular formula is C7H5FO3. The second-order valence-corrected chi connectivity index (χ2v) is 2.08. The summed E-state index contributed by atoms with van der Waals surface area (Å²) in [6, 6.07) is 0. The number of carbonyl (C=O) groups excluding carboxylic acids is 1. The number of hydrogen-bond donors (Lipinski definition) is 1. The number of rotatable bonds is 1. The molecule has 0 bridgehead atoms. The average molecular weight is 156 g/mol. The molecule has 0 aromatic carbocycles. The van der Waals surface area contributed by atoms with Gasteiger partial charge in [0.1, 0.15) is 5.92 Å². The Morgan fingerprint density at radius 3 is 2.73 bits per heavy atom. The quantitative estimate of drug-likeness (QED) is 0.568. The lowest BCUT2D eigenvalue weighted by atomic mass is 9.99. The van der Waals surface area contributed by atoms with Crippen LogP contribution < -0.4 is 0 Å². The third-order valence-electron chi connectivity index (χ3n) is 1.33. The maximum absolute atomic E-state index is 12.4. The average Bonchev–Trinajstić information content (AvgIpc) is 1.94. The van der Waals surface area contributed by atoms with Crippen LogP contribution in [0.1, 0.15) is 0 Å². The number of ketones is 1. The van der Waals surface area contributed by atoms with Crippen molar-refractivity contribution in [3.05, 3.63) is 24.1 Å². The Morgan fingerprint density at radius 2 is 2.27 bits per heavy atom. The predicted octanol–water partition coefficient (Wildman–Crippen LogP) is 0.680. The molecule has 0 radical (unpaired) electrons. The second-order valence-electron chi connectivity index (χ2n) is 2.08. The van der Waals surface area contributed by atoms with Gasteiger partial charge < -0.3 is 5.11 Å². The fraction of sp³-hybridized carbons (Fsp3) is 0.143. The van der Waals surface area contributed by atoms with E-state index in [0.717, 1.165) is 12.2 Å². The van der Waals surface area contributed by atoms with Crippen molar-refractivity contribution in [2.45, 2.75) is 0 Å². The maximum Gasteiger partial charge on any atom is 0.318 e. The highest BCUT2D eigenvalue weighted by molar-refractivity contribution is 6.09. The lowest BCUT2D eigenvalue weighted by molar-refractivity contribution is -0.143. The van der Waals surface area contributed by atoms with Gasteiger partial charge in [-0.3, -0.25) is 9.59 Å². The minimum atomic E-state index is -1.35. The highest BCUT2D eigenvalue weighted by atomic mass is 19.1. The molecule has 1 aliphatic carbocycles. The largest absolute Gasteiger partial charge is 0.480 e. The van der Waals surface area contributed by atoms with Crippen molar-refractivity contribution < 1.29 is 19.1 Å². The van der Waals surface area contributed by atoms with Crippen molar-refractivity contribution in [3.63, 3.8) is 0 Å². The van der Waals surface area contributed by atoms with E-state index >= 15 is 0 Å². The molecule has 3 nitrogen and oxygen atoms in total. The summed E-state index contributed by atoms with van der Waals surface area (Å²) in [6.45, 7) is 0. The van der Waals surface area contributed by atoms with Crippen LogP contribution in [0.4, 0.5) is 4.39 Å². The monoisotopic (exact) mass is 156 g/mol. The lowest BCUT2D eigenvalue weighted by Crippen LogP contribution is -2.23. The molecule has 1 aliphatic rings. The second kappa shape index (κ2) is 2.65. The zero-order chi connectivity index (χ0) is 8.43. The van der Waals surface area contributed by atoms with E-state index in [4.69, 9.17) is 5.11 Å². The number of Topliss-reactive ketones (excluding diaryl/α,β-unsaturated/α-hetero) is 1. The standard InChI is InChI=1S/C7H5FO3/c8-5-3-1-2-4(6(5)9)7(10)11/h1-4H,(H,10,11). The SMILES string of the molecule is O=C(O)C1C=CC=C(F)C1=O. The fourth-order valence-corrected chi connectivity index (χ4v) is 0.764. The minimum absolute atomic E-state index is 0.946. The Balaban J connectivity index is 2.90. The topological polar surface area (TPSA) is 54.4 Å². The first-order valence-corrected chi connectivity index (χ1v) is 2.94. The number of carboxylic acid groups (broad SMARTS) is 1. The van der Waals surface area contributed by atoms with Crippen molar-refractivity contribution >= 4 is 11.8 Å². The van der Waals surface area contributed by atoms with Crippen LogP contribution in [0.25, 0.3) is 0 Å². The van der Waals surface area contributed by atoms with Crippen LogP contribution in [0.5, 0.6) is 0 Å². The first kappa shape index (κ1) is 7.65. The van der Waals surface area contributed by atoms with Gasteiger partial charge in [-0.25, -0.2) is 4.39 Å². The molecule has 1 atom stereocenters. The minimum Gasteiger partial charge on any atom is -0.480 e. The number of halogens is 1. The van der Waals surface area contributed by atoms with Gasteiger partial charge in [0.15, 0.2) is 5.83 Å². The van der Waals surface area contributed by atoms with Crippen LogP contribution in [0.15, 0.2) is 24.1 Å². The molecule has 0 amide bonds. The van der Waals surface area contributed by atoms with Crippen LogP contribution in [0, 0.1) is 5.92 Å². The van der Waals surface area contributed by atoms with Crippen LogP contribution in [0.3, 0.4) is 0 Å². The van der Waals surface area contributed by atoms with Gasteiger partial charge in [-0.1, -0.05) is 12.2 Å². The van der Waals surface area contributed by atoms with E-state index < -0.39 is 23.5 Å². The van der Waals surface area contributed by atoms with E-state index in [1.807, 2.05) is 0 Å². The Kier molecular flexibility index (Phi) is 1.85. The molecule has 11 heavy (non-hydrogen) atoms. The number of hydrogen-bond acceptors (Lipinski definition) is 2. The molecule has 58 valence electrons. The molecule has 0 spiro atoms. The lowest BCUT2D eigenvalue weighted by Gasteiger charge is -2.06. The summed E-state index contributed by atoms with van der Waals surface area (Å²) in [4.78, 5) is 20.9. The molecule has 0 saturated heterocycles. The van der Waals surface area contributed by atoms with E-state index in [1.54, 1.807) is 0 Å². The van der Waals surface area contributed by atoms with Crippen molar-refractivity contribution in [1.29, 1.82) is 0 Å². The first-order chi connectivity index (χ1) is 5.13. The van der Waals surface area contributed by atoms with Crippen molar-refractivity contribution in [3.8, 4) is 0 Å². The van der Waals surface area contributed by atoms with Crippen LogP contribution >= 0.6 is 0 Å². The Hall–Kier alpha value is -1.45. The third-order valence-corrected chi connectivity index (χ3v) is 1.33. The van der Waals surface area contributed by atoms with Crippen LogP contribution in [0.2, 0.25) is 0 Å². The van der Waals surface area contributed by atoms with E-state index in [0.29, 0.717) is 0 Å². The normalized spacial score (nSPS) is 23.2. The summed E-state index contributed by atoms with van der Waals surface area (Å²) in [5.74, 6) is -4.66. The van der Waals surface area contributed by atoms with Crippen molar-refractivity contribution in [2.24, 2.45) is 5.92 Å². The molecule has 0 fully saturated rings. The first-order valence-electron chi connectivity index (χ1n) is 2.94. The van der Waals surface area contributed by atoms with Gasteiger partial charge in [-0.15, -0.1) is 0 Å². The number of allylic oxidation sites excluding steroid dienone is 3. The Labute approximate surface area is 61.8 Å². The van der Waals surface area contributed by atoms with Gasteiger partial charge in [0.25, 0.3) is 0 Å². The smallest absolute Gasteiger partial charge is 0.318 e. The molecule has 0 heterocycles. The molecule has 4 heteroatoms. The zero-order valence-corrected chi connectivity index (χ0v) is 5.45. The van der Waals surface area contributed by atoms with Crippen LogP contribution in [-0.4, -0.2) is 16.9 Å². The summed E-state index contributed by atoms with van der Waals surface area (Å²) >= 11 is 0. The summed E-state index contributed by atoms with van der Waals surface area (Å²) in [5.41, 5.74) is 0. The van der Waals surface area contributed by atoms with Crippen molar-refractivity contribution in [1.82, 2.24) is 0 Å². The van der Waals surface area contributed by atoms with Gasteiger partial charge in [0.2, 0.25) is 5.78 Å². The third kappa shape index (κ3) is 1.34. The summed E-state index contributed by atoms with van der Waals surface area (Å²) in [5, 5.41) is 8.36. The highest BCUT2D eigenvalue weighted by Gasteiger charge is 2.28. The molecule has 0 aliphatic heterocycles. The molecule has 0 aromatic rings. The Bertz CT molecular complexity index is 265. The van der Waals surface area contributed by atoms with Gasteiger partial charge in [-0.05, 0) is 6.08 Å². The highest BCUT2D eigenvalue weighted by Crippen LogP contribution is 2.15. The summed E-state index contributed by atoms with van der Waals surface area (Å²) in [7, 11) is 0. The number of aliphatic carboxylic acids is 1. The summed E-state index contributed by atoms with van der Waals surface area (Å²) in [6.07, 6.45) is 3.31. The van der Waals surface area contributed by atoms with Gasteiger partial charge in [0, 0.05) is 0 Å². The molecule has 1 N–H and O–H groups in total. The van der Waals surface area contributed by atoms with E-state index in [1.165, 1.54) is 6.08 Å². The van der Waals surface area contributed by atoms with Gasteiger partial charge in [-0.2, -0.15) is 0 Å². The van der Waals surface area contributed by atoms with Crippen molar-refractivity contribution in [2.75, 3.05) is 0 Å². The number of carboxylic acids is 1. The van der Waals surface area contributed by atoms with Crippen LogP contribution in [-0.2, 0) is 9.59 Å². The molecule has 1 rings (SSSR count). The van der Waals surface area contributed by atoms with E-state index in [2.05, 4.69) is 0 Å². The van der Waals surface area contributed by atoms with Gasteiger partial charge >= 0.3 is 5.97 Å². The number of carbonyl (C=O) groups is 2. The molecule has 0 saturated carbocycles. The van der Waals surface area contributed by atoms with Gasteiger partial charge in [0.05, 0.1) is 0 Å². The summed E-state index contributed by atoms with van der Waals surface area (Å²) < 4.78 is 12.4. The van der Waals surface area contributed by atoms with E-state index in [9.17, 15) is 14.0 Å². The predicted molar refractivity (Wildman–Crippen MR) is 34.5 cm³/mol. The molecule has 0 aromatic heterocycles. The Morgan fingerprint density at radius 1 is 1.64 bits per heavy atom.